The van der Waals surface area contributed by atoms with Crippen LogP contribution in [-0.2, 0) is 8.23 Å². The zero-order valence-corrected chi connectivity index (χ0v) is 8.56. The average Bonchev–Trinajstić information content (AvgIpc) is 1.68. The van der Waals surface area contributed by atoms with Crippen LogP contribution in [0.4, 0.5) is 0 Å². The minimum absolute atomic E-state index is 0.485. The molecule has 0 aromatic heterocycles. The van der Waals surface area contributed by atoms with Gasteiger partial charge in [0.25, 0.3) is 10.0 Å². The van der Waals surface area contributed by atoms with E-state index in [4.69, 9.17) is 9.59 Å². The van der Waals surface area contributed by atoms with Crippen molar-refractivity contribution in [2.24, 2.45) is 0 Å². The molecule has 0 saturated heterocycles. The predicted molar refractivity (Wildman–Crippen MR) is 32.2 cm³/mol. The fourth-order valence-electron chi connectivity index (χ4n) is 0.132. The van der Waals surface area contributed by atoms with E-state index in [0.717, 1.165) is 0 Å². The van der Waals surface area contributed by atoms with Crippen LogP contribution < -0.4 is 0 Å². The number of hydrogen-bond acceptors (Lipinski definition) is 4. The van der Waals surface area contributed by atoms with E-state index in [2.05, 4.69) is 8.23 Å². The normalized spacial score (nSPS) is 16.3. The molecule has 7 heavy (non-hydrogen) atoms. The van der Waals surface area contributed by atoms with Crippen LogP contribution in [0.25, 0.3) is 0 Å². The maximum atomic E-state index is 8.46. The first-order chi connectivity index (χ1) is 3.31. The molecule has 1 atom stereocenters. The van der Waals surface area contributed by atoms with Crippen LogP contribution in [0, 0.1) is 0 Å². The fourth-order valence-corrected chi connectivity index (χ4v) is 2.41. The van der Waals surface area contributed by atoms with E-state index in [1.54, 1.807) is 0 Å². The van der Waals surface area contributed by atoms with Gasteiger partial charge in [0.15, 0.2) is 0 Å². The molecule has 4 nitrogen and oxygen atoms in total. The van der Waals surface area contributed by atoms with Crippen molar-refractivity contribution < 1.29 is 17.8 Å². The Balaban J connectivity index is 2.83. The van der Waals surface area contributed by atoms with Crippen molar-refractivity contribution in [2.45, 2.75) is 0 Å². The minimum Gasteiger partial charge on any atom is -0.427 e. The lowest BCUT2D eigenvalue weighted by Crippen LogP contribution is -2.23. The van der Waals surface area contributed by atoms with Gasteiger partial charge in [0.05, 0.1) is 0 Å². The van der Waals surface area contributed by atoms with Gasteiger partial charge in [0.1, 0.15) is 10.5 Å². The van der Waals surface area contributed by atoms with Gasteiger partial charge in [-0.05, 0) is 0 Å². The lowest BCUT2D eigenvalue weighted by Gasteiger charge is -2.02. The molecule has 44 valence electrons. The lowest BCUT2D eigenvalue weighted by atomic mass is 15.7. The summed E-state index contributed by atoms with van der Waals surface area (Å²) in [5.41, 5.74) is 0. The molecule has 2 N–H and O–H groups in total. The molecule has 0 aliphatic rings. The summed E-state index contributed by atoms with van der Waals surface area (Å²) < 4.78 is 8.87. The number of rotatable bonds is 3. The van der Waals surface area contributed by atoms with Crippen LogP contribution in [0.15, 0.2) is 0 Å². The summed E-state index contributed by atoms with van der Waals surface area (Å²) in [6.45, 7) is 0. The quantitative estimate of drug-likeness (QED) is 0.409. The fraction of sp³-hybridized carbons (Fsp3) is 0. The van der Waals surface area contributed by atoms with Gasteiger partial charge in [-0.3, -0.25) is 0 Å². The molecule has 0 saturated carbocycles. The Morgan fingerprint density at radius 1 is 1.71 bits per heavy atom. The zero-order valence-electron chi connectivity index (χ0n) is 4.00. The summed E-state index contributed by atoms with van der Waals surface area (Å²) in [6.07, 6.45) is 0. The molecule has 0 fully saturated rings. The summed E-state index contributed by atoms with van der Waals surface area (Å²) in [7, 11) is -3.26. The third-order valence-electron chi connectivity index (χ3n) is 0.419. The van der Waals surface area contributed by atoms with E-state index in [1.165, 1.54) is 0 Å². The van der Waals surface area contributed by atoms with Crippen LogP contribution in [0.5, 0.6) is 0 Å². The lowest BCUT2D eigenvalue weighted by molar-refractivity contribution is 0.294. The van der Waals surface area contributed by atoms with E-state index in [9.17, 15) is 0 Å². The van der Waals surface area contributed by atoms with Gasteiger partial charge >= 0.3 is 9.53 Å². The van der Waals surface area contributed by atoms with Crippen molar-refractivity contribution in [2.75, 3.05) is 0 Å². The molecular formula is H8O4Si3. The van der Waals surface area contributed by atoms with E-state index < -0.39 is 19.5 Å². The molecule has 7 heteroatoms. The van der Waals surface area contributed by atoms with Crippen LogP contribution in [-0.4, -0.2) is 39.6 Å². The van der Waals surface area contributed by atoms with Gasteiger partial charge in [-0.1, -0.05) is 0 Å². The van der Waals surface area contributed by atoms with E-state index in [1.807, 2.05) is 0 Å². The summed E-state index contributed by atoms with van der Waals surface area (Å²) >= 11 is 0. The molecule has 0 aromatic carbocycles. The van der Waals surface area contributed by atoms with Gasteiger partial charge in [-0.25, -0.2) is 0 Å². The van der Waals surface area contributed by atoms with Crippen LogP contribution in [0.3, 0.4) is 0 Å². The second-order valence-corrected chi connectivity index (χ2v) is 4.93. The topological polar surface area (TPSA) is 58.9 Å². The molecule has 0 amide bonds. The van der Waals surface area contributed by atoms with Crippen LogP contribution in [0.1, 0.15) is 0 Å². The van der Waals surface area contributed by atoms with Crippen molar-refractivity contribution in [3.8, 4) is 0 Å². The average molecular weight is 156 g/mol. The standard InChI is InChI=1S/H8O4Si3/c1-6-4-7(2)3-5/h1-2,7H,6H2,5H3. The Kier molecular flexibility index (Phi) is 4.97. The van der Waals surface area contributed by atoms with Crippen molar-refractivity contribution in [3.63, 3.8) is 0 Å². The third kappa shape index (κ3) is 4.34. The van der Waals surface area contributed by atoms with Gasteiger partial charge in [0, 0.05) is 0 Å². The molecule has 0 aliphatic heterocycles. The van der Waals surface area contributed by atoms with Crippen molar-refractivity contribution in [1.82, 2.24) is 0 Å². The van der Waals surface area contributed by atoms with E-state index in [-0.39, 0.29) is 0 Å². The number of hydrogen-bond donors (Lipinski definition) is 2. The highest BCUT2D eigenvalue weighted by molar-refractivity contribution is 6.47. The Hall–Kier alpha value is 0.491. The first-order valence-corrected chi connectivity index (χ1v) is 5.23. The monoisotopic (exact) mass is 156 g/mol. The SMILES string of the molecule is O[SiH2]O[SiH](O)O[SiH3]. The maximum absolute atomic E-state index is 8.46. The van der Waals surface area contributed by atoms with Crippen molar-refractivity contribution in [1.29, 1.82) is 0 Å². The first-order valence-electron chi connectivity index (χ1n) is 1.74. The molecule has 0 spiro atoms. The van der Waals surface area contributed by atoms with Crippen molar-refractivity contribution in [3.05, 3.63) is 0 Å². The summed E-state index contributed by atoms with van der Waals surface area (Å²) in [4.78, 5) is 16.6. The molecule has 0 heterocycles. The molecular weight excluding hydrogens is 148 g/mol. The first kappa shape index (κ1) is 7.49. The molecule has 0 aliphatic carbocycles. The van der Waals surface area contributed by atoms with Crippen LogP contribution in [0.2, 0.25) is 0 Å². The molecule has 0 bridgehead atoms. The van der Waals surface area contributed by atoms with E-state index >= 15 is 0 Å². The predicted octanol–water partition coefficient (Wildman–Crippen LogP) is -4.00. The third-order valence-corrected chi connectivity index (χ3v) is 3.77. The van der Waals surface area contributed by atoms with Gasteiger partial charge in [-0.2, -0.15) is 0 Å². The zero-order chi connectivity index (χ0) is 5.70. The Morgan fingerprint density at radius 3 is 2.43 bits per heavy atom. The molecule has 0 radical (unpaired) electrons. The molecule has 1 unspecified atom stereocenters. The molecule has 0 rings (SSSR count). The second-order valence-electron chi connectivity index (χ2n) is 0.839. The smallest absolute Gasteiger partial charge is 0.427 e. The Bertz CT molecular complexity index is 37.9. The highest BCUT2D eigenvalue weighted by atomic mass is 28.4. The highest BCUT2D eigenvalue weighted by Crippen LogP contribution is 1.73. The minimum atomic E-state index is -2.31. The largest absolute Gasteiger partial charge is 0.461 e. The highest BCUT2D eigenvalue weighted by Gasteiger charge is 2.01. The summed E-state index contributed by atoms with van der Waals surface area (Å²) in [5, 5.41) is 0. The molecule has 0 aromatic rings. The maximum Gasteiger partial charge on any atom is 0.461 e. The Labute approximate surface area is 48.7 Å². The van der Waals surface area contributed by atoms with Crippen LogP contribution >= 0.6 is 0 Å². The van der Waals surface area contributed by atoms with Crippen molar-refractivity contribution >= 4 is 30.0 Å². The Morgan fingerprint density at radius 2 is 2.29 bits per heavy atom. The summed E-state index contributed by atoms with van der Waals surface area (Å²) in [6, 6.07) is 0. The van der Waals surface area contributed by atoms with Gasteiger partial charge < -0.3 is 17.8 Å². The summed E-state index contributed by atoms with van der Waals surface area (Å²) in [5.74, 6) is 0. The van der Waals surface area contributed by atoms with Gasteiger partial charge in [-0.15, -0.1) is 0 Å². The van der Waals surface area contributed by atoms with Gasteiger partial charge in [0.2, 0.25) is 0 Å². The second kappa shape index (κ2) is 4.64. The van der Waals surface area contributed by atoms with E-state index in [0.29, 0.717) is 10.5 Å².